The maximum Gasteiger partial charge on any atom is 0.328 e. The first-order valence-corrected chi connectivity index (χ1v) is 7.57. The summed E-state index contributed by atoms with van der Waals surface area (Å²) in [7, 11) is 0. The molecule has 0 saturated carbocycles. The third kappa shape index (κ3) is 4.24. The first-order valence-electron chi connectivity index (χ1n) is 6.82. The van der Waals surface area contributed by atoms with Gasteiger partial charge < -0.3 is 10.1 Å². The molecule has 2 rings (SSSR count). The lowest BCUT2D eigenvalue weighted by atomic mass is 10.3. The molecule has 0 fully saturated rings. The summed E-state index contributed by atoms with van der Waals surface area (Å²) in [4.78, 5) is 26.8. The number of carbonyl (C=O) groups excluding carboxylic acids is 2. The highest BCUT2D eigenvalue weighted by Crippen LogP contribution is 2.26. The van der Waals surface area contributed by atoms with Crippen LogP contribution in [-0.4, -0.2) is 27.5 Å². The zero-order valence-electron chi connectivity index (χ0n) is 12.5. The fourth-order valence-electron chi connectivity index (χ4n) is 1.99. The third-order valence-corrected chi connectivity index (χ3v) is 3.58. The van der Waals surface area contributed by atoms with Gasteiger partial charge in [-0.2, -0.15) is 0 Å². The summed E-state index contributed by atoms with van der Waals surface area (Å²) >= 11 is 12.2. The van der Waals surface area contributed by atoms with Crippen LogP contribution in [0.3, 0.4) is 0 Å². The molecule has 1 N–H and O–H groups in total. The summed E-state index contributed by atoms with van der Waals surface area (Å²) in [5, 5.41) is 2.77. The van der Waals surface area contributed by atoms with Gasteiger partial charge in [0.2, 0.25) is 11.2 Å². The second kappa shape index (κ2) is 7.48. The van der Waals surface area contributed by atoms with Gasteiger partial charge in [0.05, 0.1) is 0 Å². The molecule has 1 amide bonds. The third-order valence-electron chi connectivity index (χ3n) is 3.02. The van der Waals surface area contributed by atoms with E-state index in [1.165, 1.54) is 13.8 Å². The van der Waals surface area contributed by atoms with Crippen molar-refractivity contribution in [2.24, 2.45) is 0 Å². The van der Waals surface area contributed by atoms with E-state index in [0.717, 1.165) is 5.69 Å². The highest BCUT2D eigenvalue weighted by atomic mass is 35.5. The second-order valence-electron chi connectivity index (χ2n) is 4.82. The monoisotopic (exact) mass is 355 g/mol. The van der Waals surface area contributed by atoms with Crippen LogP contribution in [0.1, 0.15) is 19.5 Å². The molecule has 1 unspecified atom stereocenters. The molecule has 0 bridgehead atoms. The average molecular weight is 356 g/mol. The van der Waals surface area contributed by atoms with Crippen molar-refractivity contribution < 1.29 is 14.3 Å². The summed E-state index contributed by atoms with van der Waals surface area (Å²) in [6.07, 6.45) is 0. The Morgan fingerprint density at radius 1 is 1.30 bits per heavy atom. The molecule has 23 heavy (non-hydrogen) atoms. The molecule has 6 nitrogen and oxygen atoms in total. The van der Waals surface area contributed by atoms with Crippen molar-refractivity contribution in [1.29, 1.82) is 0 Å². The molecule has 0 aliphatic rings. The highest BCUT2D eigenvalue weighted by Gasteiger charge is 2.20. The maximum atomic E-state index is 11.9. The van der Waals surface area contributed by atoms with Crippen molar-refractivity contribution in [2.45, 2.75) is 26.5 Å². The first kappa shape index (κ1) is 17.3. The molecule has 1 aromatic heterocycles. The van der Waals surface area contributed by atoms with Gasteiger partial charge in [-0.1, -0.05) is 29.8 Å². The molecule has 0 aliphatic heterocycles. The number of carbonyl (C=O) groups is 2. The standard InChI is InChI=1S/C15H15Cl2N3O3/c1-9(18-10(2)21)14(22)23-8-12-13(16)19-15(17)20(12)11-6-4-3-5-7-11/h3-7,9H,8H2,1-2H3,(H,18,21). The van der Waals surface area contributed by atoms with Gasteiger partial charge in [0, 0.05) is 12.6 Å². The minimum atomic E-state index is -0.755. The number of amides is 1. The zero-order valence-corrected chi connectivity index (χ0v) is 14.1. The van der Waals surface area contributed by atoms with Crippen molar-refractivity contribution in [1.82, 2.24) is 14.9 Å². The highest BCUT2D eigenvalue weighted by molar-refractivity contribution is 6.33. The minimum Gasteiger partial charge on any atom is -0.458 e. The molecule has 1 heterocycles. The van der Waals surface area contributed by atoms with Gasteiger partial charge in [0.1, 0.15) is 18.3 Å². The van der Waals surface area contributed by atoms with Crippen LogP contribution >= 0.6 is 23.2 Å². The maximum absolute atomic E-state index is 11.9. The SMILES string of the molecule is CC(=O)NC(C)C(=O)OCc1c(Cl)nc(Cl)n1-c1ccccc1. The summed E-state index contributed by atoms with van der Waals surface area (Å²) in [6, 6.07) is 8.45. The number of esters is 1. The number of rotatable bonds is 5. The molecule has 0 aliphatic carbocycles. The van der Waals surface area contributed by atoms with Crippen molar-refractivity contribution in [2.75, 3.05) is 0 Å². The number of hydrogen-bond acceptors (Lipinski definition) is 4. The van der Waals surface area contributed by atoms with Gasteiger partial charge in [-0.15, -0.1) is 0 Å². The molecule has 0 saturated heterocycles. The van der Waals surface area contributed by atoms with E-state index in [1.54, 1.807) is 4.57 Å². The van der Waals surface area contributed by atoms with Crippen LogP contribution in [0, 0.1) is 0 Å². The fourth-order valence-corrected chi connectivity index (χ4v) is 2.54. The lowest BCUT2D eigenvalue weighted by Gasteiger charge is -2.13. The number of aromatic nitrogens is 2. The van der Waals surface area contributed by atoms with E-state index in [0.29, 0.717) is 5.69 Å². The van der Waals surface area contributed by atoms with Crippen LogP contribution < -0.4 is 5.32 Å². The van der Waals surface area contributed by atoms with Gasteiger partial charge in [-0.05, 0) is 30.7 Å². The Balaban J connectivity index is 2.18. The zero-order chi connectivity index (χ0) is 17.0. The van der Waals surface area contributed by atoms with Gasteiger partial charge in [0.15, 0.2) is 5.15 Å². The average Bonchev–Trinajstić information content (AvgIpc) is 2.78. The van der Waals surface area contributed by atoms with Gasteiger partial charge in [-0.3, -0.25) is 9.36 Å². The van der Waals surface area contributed by atoms with E-state index in [-0.39, 0.29) is 23.0 Å². The molecule has 122 valence electrons. The van der Waals surface area contributed by atoms with Crippen LogP contribution in [0.15, 0.2) is 30.3 Å². The summed E-state index contributed by atoms with van der Waals surface area (Å²) in [5.74, 6) is -0.891. The largest absolute Gasteiger partial charge is 0.458 e. The Bertz CT molecular complexity index is 716. The first-order chi connectivity index (χ1) is 10.9. The van der Waals surface area contributed by atoms with Gasteiger partial charge in [0.25, 0.3) is 0 Å². The molecular formula is C15H15Cl2N3O3. The lowest BCUT2D eigenvalue weighted by Crippen LogP contribution is -2.38. The predicted molar refractivity (Wildman–Crippen MR) is 86.7 cm³/mol. The van der Waals surface area contributed by atoms with E-state index in [9.17, 15) is 9.59 Å². The van der Waals surface area contributed by atoms with Crippen LogP contribution in [-0.2, 0) is 20.9 Å². The number of hydrogen-bond donors (Lipinski definition) is 1. The quantitative estimate of drug-likeness (QED) is 0.836. The lowest BCUT2D eigenvalue weighted by molar-refractivity contribution is -0.148. The molecule has 0 spiro atoms. The van der Waals surface area contributed by atoms with E-state index < -0.39 is 12.0 Å². The predicted octanol–water partition coefficient (Wildman–Crippen LogP) is 2.75. The van der Waals surface area contributed by atoms with Crippen molar-refractivity contribution in [3.8, 4) is 5.69 Å². The van der Waals surface area contributed by atoms with Crippen molar-refractivity contribution >= 4 is 35.1 Å². The van der Waals surface area contributed by atoms with E-state index in [1.807, 2.05) is 30.3 Å². The Hall–Kier alpha value is -2.05. The minimum absolute atomic E-state index is 0.115. The Morgan fingerprint density at radius 3 is 2.57 bits per heavy atom. The number of nitrogens with one attached hydrogen (secondary N) is 1. The molecule has 1 aromatic carbocycles. The second-order valence-corrected chi connectivity index (χ2v) is 5.52. The summed E-state index contributed by atoms with van der Waals surface area (Å²) in [5.41, 5.74) is 1.20. The van der Waals surface area contributed by atoms with Crippen LogP contribution in [0.2, 0.25) is 10.4 Å². The molecule has 0 radical (unpaired) electrons. The number of nitrogens with zero attached hydrogens (tertiary/aromatic N) is 2. The molecular weight excluding hydrogens is 341 g/mol. The summed E-state index contributed by atoms with van der Waals surface area (Å²) < 4.78 is 6.79. The number of ether oxygens (including phenoxy) is 1. The number of imidazole rings is 1. The van der Waals surface area contributed by atoms with E-state index in [4.69, 9.17) is 27.9 Å². The van der Waals surface area contributed by atoms with Gasteiger partial charge >= 0.3 is 5.97 Å². The Labute approximate surface area is 143 Å². The normalized spacial score (nSPS) is 11.8. The Morgan fingerprint density at radius 2 is 1.96 bits per heavy atom. The fraction of sp³-hybridized carbons (Fsp3) is 0.267. The van der Waals surface area contributed by atoms with Crippen molar-refractivity contribution in [3.63, 3.8) is 0 Å². The smallest absolute Gasteiger partial charge is 0.328 e. The number of para-hydroxylation sites is 1. The molecule has 1 atom stereocenters. The summed E-state index contributed by atoms with van der Waals surface area (Å²) in [6.45, 7) is 2.74. The van der Waals surface area contributed by atoms with Crippen LogP contribution in [0.4, 0.5) is 0 Å². The number of benzene rings is 1. The molecule has 8 heteroatoms. The number of halogens is 2. The van der Waals surface area contributed by atoms with Gasteiger partial charge in [-0.25, -0.2) is 9.78 Å². The van der Waals surface area contributed by atoms with E-state index >= 15 is 0 Å². The topological polar surface area (TPSA) is 73.2 Å². The van der Waals surface area contributed by atoms with E-state index in [2.05, 4.69) is 10.3 Å². The molecule has 2 aromatic rings. The van der Waals surface area contributed by atoms with Crippen LogP contribution in [0.25, 0.3) is 5.69 Å². The Kier molecular flexibility index (Phi) is 5.63. The van der Waals surface area contributed by atoms with Crippen molar-refractivity contribution in [3.05, 3.63) is 46.5 Å². The van der Waals surface area contributed by atoms with Crippen LogP contribution in [0.5, 0.6) is 0 Å².